The Morgan fingerprint density at radius 3 is 2.75 bits per heavy atom. The summed E-state index contributed by atoms with van der Waals surface area (Å²) >= 11 is 0. The third kappa shape index (κ3) is 2.67. The Morgan fingerprint density at radius 2 is 2.25 bits per heavy atom. The molecule has 1 rings (SSSR count). The molecule has 0 saturated carbocycles. The van der Waals surface area contributed by atoms with Crippen LogP contribution in [0.3, 0.4) is 0 Å². The van der Waals surface area contributed by atoms with Crippen molar-refractivity contribution in [1.29, 1.82) is 0 Å². The first-order valence-corrected chi connectivity index (χ1v) is 3.91. The van der Waals surface area contributed by atoms with Gasteiger partial charge in [-0.25, -0.2) is 4.79 Å². The van der Waals surface area contributed by atoms with Crippen LogP contribution in [0.5, 0.6) is 0 Å². The number of aliphatic hydroxyl groups is 1. The molecular formula is C7H13NO4. The van der Waals surface area contributed by atoms with E-state index in [-0.39, 0.29) is 25.4 Å². The van der Waals surface area contributed by atoms with Crippen LogP contribution in [0.25, 0.3) is 0 Å². The molecule has 0 bridgehead atoms. The first kappa shape index (κ1) is 9.28. The summed E-state index contributed by atoms with van der Waals surface area (Å²) in [6.07, 6.45) is 0.620. The predicted molar refractivity (Wildman–Crippen MR) is 40.5 cm³/mol. The number of primary amides is 1. The highest BCUT2D eigenvalue weighted by Crippen LogP contribution is 2.19. The van der Waals surface area contributed by atoms with Gasteiger partial charge >= 0.3 is 6.09 Å². The molecule has 1 saturated heterocycles. The lowest BCUT2D eigenvalue weighted by molar-refractivity contribution is -0.0150. The lowest BCUT2D eigenvalue weighted by Crippen LogP contribution is -2.23. The molecule has 0 aliphatic carbocycles. The fourth-order valence-electron chi connectivity index (χ4n) is 1.21. The second-order valence-corrected chi connectivity index (χ2v) is 2.77. The van der Waals surface area contributed by atoms with Crippen LogP contribution < -0.4 is 5.73 Å². The summed E-state index contributed by atoms with van der Waals surface area (Å²) in [5.41, 5.74) is 4.77. The standard InChI is InChI=1S/C7H13NO4/c8-7(10)11-4-6-2-1-5(3-9)12-6/h5-6,9H,1-4H2,(H2,8,10). The molecule has 70 valence electrons. The fraction of sp³-hybridized carbons (Fsp3) is 0.857. The third-order valence-electron chi connectivity index (χ3n) is 1.81. The number of carbonyl (C=O) groups excluding carboxylic acids is 1. The molecule has 1 amide bonds. The van der Waals surface area contributed by atoms with Crippen molar-refractivity contribution in [3.8, 4) is 0 Å². The largest absolute Gasteiger partial charge is 0.447 e. The Hall–Kier alpha value is -0.810. The monoisotopic (exact) mass is 175 g/mol. The van der Waals surface area contributed by atoms with Crippen LogP contribution in [0.2, 0.25) is 0 Å². The van der Waals surface area contributed by atoms with E-state index < -0.39 is 6.09 Å². The van der Waals surface area contributed by atoms with E-state index in [2.05, 4.69) is 4.74 Å². The summed E-state index contributed by atoms with van der Waals surface area (Å²) in [7, 11) is 0. The average molecular weight is 175 g/mol. The first-order chi connectivity index (χ1) is 5.72. The smallest absolute Gasteiger partial charge is 0.404 e. The summed E-state index contributed by atoms with van der Waals surface area (Å²) in [4.78, 5) is 10.2. The Labute approximate surface area is 70.4 Å². The van der Waals surface area contributed by atoms with E-state index in [1.54, 1.807) is 0 Å². The van der Waals surface area contributed by atoms with Gasteiger partial charge in [-0.2, -0.15) is 0 Å². The van der Waals surface area contributed by atoms with Crippen molar-refractivity contribution >= 4 is 6.09 Å². The van der Waals surface area contributed by atoms with Crippen molar-refractivity contribution in [2.45, 2.75) is 25.0 Å². The van der Waals surface area contributed by atoms with Crippen LogP contribution in [0, 0.1) is 0 Å². The first-order valence-electron chi connectivity index (χ1n) is 3.91. The van der Waals surface area contributed by atoms with Gasteiger partial charge in [0.05, 0.1) is 18.8 Å². The molecule has 12 heavy (non-hydrogen) atoms. The lowest BCUT2D eigenvalue weighted by Gasteiger charge is -2.10. The summed E-state index contributed by atoms with van der Waals surface area (Å²) < 4.78 is 9.83. The van der Waals surface area contributed by atoms with E-state index in [1.807, 2.05) is 0 Å². The third-order valence-corrected chi connectivity index (χ3v) is 1.81. The number of hydrogen-bond donors (Lipinski definition) is 2. The van der Waals surface area contributed by atoms with Crippen molar-refractivity contribution < 1.29 is 19.4 Å². The van der Waals surface area contributed by atoms with Gasteiger partial charge in [0.2, 0.25) is 0 Å². The van der Waals surface area contributed by atoms with Crippen LogP contribution in [0.15, 0.2) is 0 Å². The highest BCUT2D eigenvalue weighted by Gasteiger charge is 2.25. The molecule has 2 atom stereocenters. The normalized spacial score (nSPS) is 28.8. The molecule has 1 aliphatic heterocycles. The van der Waals surface area contributed by atoms with Crippen molar-refractivity contribution in [3.63, 3.8) is 0 Å². The topological polar surface area (TPSA) is 81.8 Å². The van der Waals surface area contributed by atoms with E-state index in [1.165, 1.54) is 0 Å². The Kier molecular flexibility index (Phi) is 3.31. The molecule has 2 unspecified atom stereocenters. The second kappa shape index (κ2) is 4.27. The van der Waals surface area contributed by atoms with Gasteiger partial charge in [-0.3, -0.25) is 0 Å². The average Bonchev–Trinajstić information content (AvgIpc) is 2.48. The van der Waals surface area contributed by atoms with Crippen LogP contribution in [-0.4, -0.2) is 36.6 Å². The molecule has 0 spiro atoms. The zero-order chi connectivity index (χ0) is 8.97. The summed E-state index contributed by atoms with van der Waals surface area (Å²) in [6, 6.07) is 0. The van der Waals surface area contributed by atoms with Gasteiger partial charge in [0, 0.05) is 0 Å². The van der Waals surface area contributed by atoms with Gasteiger partial charge in [-0.15, -0.1) is 0 Å². The summed E-state index contributed by atoms with van der Waals surface area (Å²) in [5.74, 6) is 0. The van der Waals surface area contributed by atoms with Crippen molar-refractivity contribution in [1.82, 2.24) is 0 Å². The Bertz CT molecular complexity index is 161. The lowest BCUT2D eigenvalue weighted by atomic mass is 10.2. The van der Waals surface area contributed by atoms with Crippen LogP contribution in [0.4, 0.5) is 4.79 Å². The SMILES string of the molecule is NC(=O)OCC1CCC(CO)O1. The van der Waals surface area contributed by atoms with Crippen LogP contribution >= 0.6 is 0 Å². The minimum absolute atomic E-state index is 0.0209. The Morgan fingerprint density at radius 1 is 1.58 bits per heavy atom. The highest BCUT2D eigenvalue weighted by atomic mass is 16.6. The van der Waals surface area contributed by atoms with E-state index >= 15 is 0 Å². The van der Waals surface area contributed by atoms with Gasteiger partial charge in [0.15, 0.2) is 0 Å². The quantitative estimate of drug-likeness (QED) is 0.612. The molecule has 3 N–H and O–H groups in total. The molecule has 1 heterocycles. The van der Waals surface area contributed by atoms with Crippen molar-refractivity contribution in [2.24, 2.45) is 5.73 Å². The van der Waals surface area contributed by atoms with Gasteiger partial charge in [0.1, 0.15) is 6.61 Å². The molecule has 0 radical (unpaired) electrons. The molecule has 0 aromatic heterocycles. The van der Waals surface area contributed by atoms with E-state index in [4.69, 9.17) is 15.6 Å². The minimum Gasteiger partial charge on any atom is -0.447 e. The maximum absolute atomic E-state index is 10.2. The number of hydrogen-bond acceptors (Lipinski definition) is 4. The maximum atomic E-state index is 10.2. The Balaban J connectivity index is 2.15. The zero-order valence-corrected chi connectivity index (χ0v) is 6.73. The zero-order valence-electron chi connectivity index (χ0n) is 6.73. The number of ether oxygens (including phenoxy) is 2. The summed E-state index contributed by atoms with van der Waals surface area (Å²) in [5, 5.41) is 8.70. The molecule has 5 heteroatoms. The van der Waals surface area contributed by atoms with Crippen LogP contribution in [0.1, 0.15) is 12.8 Å². The van der Waals surface area contributed by atoms with Gasteiger partial charge in [0.25, 0.3) is 0 Å². The molecule has 1 fully saturated rings. The molecule has 0 aromatic carbocycles. The fourth-order valence-corrected chi connectivity index (χ4v) is 1.21. The van der Waals surface area contributed by atoms with E-state index in [0.29, 0.717) is 0 Å². The van der Waals surface area contributed by atoms with Gasteiger partial charge < -0.3 is 20.3 Å². The van der Waals surface area contributed by atoms with Crippen LogP contribution in [-0.2, 0) is 9.47 Å². The molecule has 1 aliphatic rings. The van der Waals surface area contributed by atoms with Crippen molar-refractivity contribution in [3.05, 3.63) is 0 Å². The van der Waals surface area contributed by atoms with Gasteiger partial charge in [-0.05, 0) is 12.8 Å². The van der Waals surface area contributed by atoms with Gasteiger partial charge in [-0.1, -0.05) is 0 Å². The molecular weight excluding hydrogens is 162 g/mol. The van der Waals surface area contributed by atoms with E-state index in [9.17, 15) is 4.79 Å². The summed E-state index contributed by atoms with van der Waals surface area (Å²) in [6.45, 7) is 0.207. The van der Waals surface area contributed by atoms with E-state index in [0.717, 1.165) is 12.8 Å². The molecule has 5 nitrogen and oxygen atoms in total. The maximum Gasteiger partial charge on any atom is 0.404 e. The highest BCUT2D eigenvalue weighted by molar-refractivity contribution is 5.64. The predicted octanol–water partition coefficient (Wildman–Crippen LogP) is -0.378. The molecule has 0 aromatic rings. The van der Waals surface area contributed by atoms with Crippen molar-refractivity contribution in [2.75, 3.05) is 13.2 Å². The number of aliphatic hydroxyl groups excluding tert-OH is 1. The second-order valence-electron chi connectivity index (χ2n) is 2.77. The number of carbonyl (C=O) groups is 1. The minimum atomic E-state index is -0.786. The number of amides is 1. The number of nitrogens with two attached hydrogens (primary N) is 1. The number of rotatable bonds is 3.